The lowest BCUT2D eigenvalue weighted by atomic mass is 9.86. The molecular formula is C16H20N2O3. The van der Waals surface area contributed by atoms with Crippen LogP contribution in [0.4, 0.5) is 4.79 Å². The molecule has 2 atom stereocenters. The smallest absolute Gasteiger partial charge is 0.410 e. The van der Waals surface area contributed by atoms with E-state index in [-0.39, 0.29) is 24.0 Å². The van der Waals surface area contributed by atoms with Gasteiger partial charge in [-0.1, -0.05) is 18.2 Å². The van der Waals surface area contributed by atoms with Crippen LogP contribution in [-0.4, -0.2) is 41.6 Å². The summed E-state index contributed by atoms with van der Waals surface area (Å²) in [5.74, 6) is 0.0873. The van der Waals surface area contributed by atoms with Crippen LogP contribution in [0.15, 0.2) is 24.3 Å². The monoisotopic (exact) mass is 288 g/mol. The Balaban J connectivity index is 1.81. The highest BCUT2D eigenvalue weighted by Crippen LogP contribution is 2.34. The number of likely N-dealkylation sites (tertiary alicyclic amines) is 1. The minimum absolute atomic E-state index is 0.0279. The number of carbonyl (C=O) groups is 2. The molecule has 0 bridgehead atoms. The number of benzene rings is 1. The number of nitrogens with one attached hydrogen (secondary N) is 1. The van der Waals surface area contributed by atoms with E-state index >= 15 is 0 Å². The molecule has 0 saturated carbocycles. The number of fused-ring (bicyclic) bond motifs is 3. The molecule has 21 heavy (non-hydrogen) atoms. The minimum atomic E-state index is -0.508. The number of amides is 2. The summed E-state index contributed by atoms with van der Waals surface area (Å²) < 4.78 is 5.42. The van der Waals surface area contributed by atoms with E-state index in [9.17, 15) is 9.59 Å². The molecule has 1 aromatic carbocycles. The Labute approximate surface area is 124 Å². The standard InChI is InChI=1S/C16H20N2O3/c1-16(2,3)21-15(20)18-8-12-10-6-4-5-7-11(10)14(19)17-13(12)9-18/h4-7,12-13H,8-9H2,1-3H3,(H,17,19)/t12-,13-/m1/s1. The summed E-state index contributed by atoms with van der Waals surface area (Å²) in [5.41, 5.74) is 1.23. The molecule has 2 heterocycles. The van der Waals surface area contributed by atoms with Gasteiger partial charge in [0.25, 0.3) is 5.91 Å². The van der Waals surface area contributed by atoms with E-state index in [0.717, 1.165) is 5.56 Å². The third-order valence-corrected chi connectivity index (χ3v) is 3.89. The maximum atomic E-state index is 12.2. The Morgan fingerprint density at radius 2 is 2.00 bits per heavy atom. The van der Waals surface area contributed by atoms with Gasteiger partial charge in [-0.15, -0.1) is 0 Å². The first-order valence-corrected chi connectivity index (χ1v) is 7.23. The van der Waals surface area contributed by atoms with Crippen LogP contribution in [0.2, 0.25) is 0 Å². The van der Waals surface area contributed by atoms with E-state index in [1.807, 2.05) is 45.0 Å². The van der Waals surface area contributed by atoms with Crippen molar-refractivity contribution in [1.29, 1.82) is 0 Å². The first-order valence-electron chi connectivity index (χ1n) is 7.23. The zero-order chi connectivity index (χ0) is 15.2. The van der Waals surface area contributed by atoms with Crippen molar-refractivity contribution in [3.8, 4) is 0 Å². The largest absolute Gasteiger partial charge is 0.444 e. The van der Waals surface area contributed by atoms with Crippen LogP contribution in [0.25, 0.3) is 0 Å². The van der Waals surface area contributed by atoms with Gasteiger partial charge in [0, 0.05) is 24.6 Å². The van der Waals surface area contributed by atoms with E-state index in [2.05, 4.69) is 5.32 Å². The third-order valence-electron chi connectivity index (χ3n) is 3.89. The number of nitrogens with zero attached hydrogens (tertiary/aromatic N) is 1. The maximum absolute atomic E-state index is 12.2. The van der Waals surface area contributed by atoms with E-state index in [4.69, 9.17) is 4.74 Å². The minimum Gasteiger partial charge on any atom is -0.444 e. The van der Waals surface area contributed by atoms with Crippen LogP contribution in [-0.2, 0) is 4.74 Å². The number of hydrogen-bond donors (Lipinski definition) is 1. The zero-order valence-corrected chi connectivity index (χ0v) is 12.6. The lowest BCUT2D eigenvalue weighted by Crippen LogP contribution is -2.44. The van der Waals surface area contributed by atoms with Gasteiger partial charge in [0.1, 0.15) is 5.60 Å². The molecule has 0 spiro atoms. The fourth-order valence-corrected chi connectivity index (χ4v) is 3.01. The zero-order valence-electron chi connectivity index (χ0n) is 12.6. The van der Waals surface area contributed by atoms with E-state index in [1.165, 1.54) is 0 Å². The first-order chi connectivity index (χ1) is 9.85. The van der Waals surface area contributed by atoms with Crippen molar-refractivity contribution in [3.63, 3.8) is 0 Å². The molecule has 0 aliphatic carbocycles. The van der Waals surface area contributed by atoms with E-state index in [0.29, 0.717) is 18.7 Å². The van der Waals surface area contributed by atoms with Gasteiger partial charge < -0.3 is 15.0 Å². The molecule has 3 rings (SSSR count). The average Bonchev–Trinajstić information content (AvgIpc) is 2.81. The Bertz CT molecular complexity index is 591. The molecule has 1 saturated heterocycles. The molecule has 1 aromatic rings. The molecule has 0 aromatic heterocycles. The summed E-state index contributed by atoms with van der Waals surface area (Å²) >= 11 is 0. The van der Waals surface area contributed by atoms with Crippen LogP contribution < -0.4 is 5.32 Å². The second-order valence-corrected chi connectivity index (χ2v) is 6.66. The van der Waals surface area contributed by atoms with Crippen LogP contribution in [0.5, 0.6) is 0 Å². The second-order valence-electron chi connectivity index (χ2n) is 6.66. The number of carbonyl (C=O) groups excluding carboxylic acids is 2. The Hall–Kier alpha value is -2.04. The molecule has 1 fully saturated rings. The summed E-state index contributed by atoms with van der Waals surface area (Å²) in [6.45, 7) is 6.64. The number of hydrogen-bond acceptors (Lipinski definition) is 3. The van der Waals surface area contributed by atoms with Gasteiger partial charge in [-0.05, 0) is 32.4 Å². The van der Waals surface area contributed by atoms with Crippen LogP contribution in [0, 0.1) is 0 Å². The van der Waals surface area contributed by atoms with Gasteiger partial charge in [0.2, 0.25) is 0 Å². The molecule has 112 valence electrons. The van der Waals surface area contributed by atoms with E-state index < -0.39 is 5.60 Å². The predicted molar refractivity (Wildman–Crippen MR) is 78.2 cm³/mol. The molecule has 2 amide bonds. The fraction of sp³-hybridized carbons (Fsp3) is 0.500. The molecule has 2 aliphatic heterocycles. The summed E-state index contributed by atoms with van der Waals surface area (Å²) in [7, 11) is 0. The lowest BCUT2D eigenvalue weighted by Gasteiger charge is -2.27. The summed E-state index contributed by atoms with van der Waals surface area (Å²) in [6.07, 6.45) is -0.316. The van der Waals surface area contributed by atoms with Gasteiger partial charge in [-0.2, -0.15) is 0 Å². The van der Waals surface area contributed by atoms with Crippen molar-refractivity contribution in [2.45, 2.75) is 38.3 Å². The van der Waals surface area contributed by atoms with Crippen LogP contribution >= 0.6 is 0 Å². The maximum Gasteiger partial charge on any atom is 0.410 e. The molecule has 0 radical (unpaired) electrons. The molecule has 2 aliphatic rings. The third kappa shape index (κ3) is 2.60. The van der Waals surface area contributed by atoms with Crippen LogP contribution in [0.3, 0.4) is 0 Å². The quantitative estimate of drug-likeness (QED) is 0.795. The van der Waals surface area contributed by atoms with Crippen molar-refractivity contribution in [1.82, 2.24) is 10.2 Å². The Morgan fingerprint density at radius 1 is 1.29 bits per heavy atom. The van der Waals surface area contributed by atoms with Gasteiger partial charge >= 0.3 is 6.09 Å². The molecule has 5 heteroatoms. The first kappa shape index (κ1) is 13.9. The highest BCUT2D eigenvalue weighted by Gasteiger charge is 2.42. The second kappa shape index (κ2) is 4.76. The molecular weight excluding hydrogens is 268 g/mol. The highest BCUT2D eigenvalue weighted by atomic mass is 16.6. The van der Waals surface area contributed by atoms with Crippen molar-refractivity contribution >= 4 is 12.0 Å². The van der Waals surface area contributed by atoms with Crippen molar-refractivity contribution in [3.05, 3.63) is 35.4 Å². The van der Waals surface area contributed by atoms with Gasteiger partial charge in [-0.25, -0.2) is 4.79 Å². The highest BCUT2D eigenvalue weighted by molar-refractivity contribution is 5.97. The topological polar surface area (TPSA) is 58.6 Å². The fourth-order valence-electron chi connectivity index (χ4n) is 3.01. The molecule has 1 N–H and O–H groups in total. The number of ether oxygens (including phenoxy) is 1. The molecule has 0 unspecified atom stereocenters. The predicted octanol–water partition coefficient (Wildman–Crippen LogP) is 2.13. The van der Waals surface area contributed by atoms with Gasteiger partial charge in [0.05, 0.1) is 6.04 Å². The molecule has 5 nitrogen and oxygen atoms in total. The summed E-state index contributed by atoms with van der Waals surface area (Å²) in [6, 6.07) is 7.57. The van der Waals surface area contributed by atoms with Gasteiger partial charge in [0.15, 0.2) is 0 Å². The number of rotatable bonds is 0. The average molecular weight is 288 g/mol. The Morgan fingerprint density at radius 3 is 2.71 bits per heavy atom. The van der Waals surface area contributed by atoms with Crippen molar-refractivity contribution in [2.24, 2.45) is 0 Å². The van der Waals surface area contributed by atoms with Crippen molar-refractivity contribution in [2.75, 3.05) is 13.1 Å². The Kier molecular flexibility index (Phi) is 3.15. The normalized spacial score (nSPS) is 24.1. The lowest BCUT2D eigenvalue weighted by molar-refractivity contribution is 0.0288. The van der Waals surface area contributed by atoms with Crippen LogP contribution in [0.1, 0.15) is 42.6 Å². The van der Waals surface area contributed by atoms with Gasteiger partial charge in [-0.3, -0.25) is 4.79 Å². The van der Waals surface area contributed by atoms with Crippen molar-refractivity contribution < 1.29 is 14.3 Å². The summed E-state index contributed by atoms with van der Waals surface area (Å²) in [4.78, 5) is 26.0. The summed E-state index contributed by atoms with van der Waals surface area (Å²) in [5, 5.41) is 2.99. The SMILES string of the molecule is CC(C)(C)OC(=O)N1C[C@@H]2c3ccccc3C(=O)N[C@@H]2C1. The van der Waals surface area contributed by atoms with E-state index in [1.54, 1.807) is 4.90 Å².